The number of hydrogen-bond acceptors (Lipinski definition) is 3. The van der Waals surface area contributed by atoms with Crippen LogP contribution in [0.25, 0.3) is 0 Å². The van der Waals surface area contributed by atoms with E-state index in [2.05, 4.69) is 0 Å². The molecule has 1 aliphatic rings. The Bertz CT molecular complexity index is 182. The molecule has 0 aromatic heterocycles. The molecule has 0 bridgehead atoms. The van der Waals surface area contributed by atoms with Crippen LogP contribution < -0.4 is 0 Å². The molecule has 1 rings (SSSR count). The SMILES string of the molecule is CC1(C)CN(C=O)[C@H](CCO)CO1. The van der Waals surface area contributed by atoms with E-state index in [4.69, 9.17) is 9.84 Å². The lowest BCUT2D eigenvalue weighted by Gasteiger charge is -2.41. The average molecular weight is 187 g/mol. The highest BCUT2D eigenvalue weighted by molar-refractivity contribution is 5.48. The predicted molar refractivity (Wildman–Crippen MR) is 48.3 cm³/mol. The van der Waals surface area contributed by atoms with Gasteiger partial charge in [-0.25, -0.2) is 0 Å². The van der Waals surface area contributed by atoms with Crippen molar-refractivity contribution < 1.29 is 14.6 Å². The van der Waals surface area contributed by atoms with Gasteiger partial charge in [0.1, 0.15) is 0 Å². The van der Waals surface area contributed by atoms with Gasteiger partial charge in [-0.2, -0.15) is 0 Å². The van der Waals surface area contributed by atoms with Gasteiger partial charge in [-0.3, -0.25) is 4.79 Å². The van der Waals surface area contributed by atoms with E-state index in [1.165, 1.54) is 0 Å². The standard InChI is InChI=1S/C9H17NO3/c1-9(2)6-10(7-12)8(3-4-11)5-13-9/h7-8,11H,3-6H2,1-2H3/t8-/m1/s1. The Balaban J connectivity index is 2.55. The predicted octanol–water partition coefficient (Wildman–Crippen LogP) is 0.00460. The van der Waals surface area contributed by atoms with Crippen molar-refractivity contribution in [3.63, 3.8) is 0 Å². The molecule has 13 heavy (non-hydrogen) atoms. The zero-order valence-electron chi connectivity index (χ0n) is 8.19. The van der Waals surface area contributed by atoms with Crippen molar-refractivity contribution >= 4 is 6.41 Å². The number of carbonyl (C=O) groups excluding carboxylic acids is 1. The second-order valence-electron chi connectivity index (χ2n) is 4.01. The summed E-state index contributed by atoms with van der Waals surface area (Å²) in [6.45, 7) is 5.13. The van der Waals surface area contributed by atoms with E-state index < -0.39 is 0 Å². The summed E-state index contributed by atoms with van der Waals surface area (Å²) in [5.74, 6) is 0. The topological polar surface area (TPSA) is 49.8 Å². The number of morpholine rings is 1. The Labute approximate surface area is 78.5 Å². The summed E-state index contributed by atoms with van der Waals surface area (Å²) in [4.78, 5) is 12.4. The molecule has 1 aliphatic heterocycles. The molecule has 0 aromatic rings. The van der Waals surface area contributed by atoms with Gasteiger partial charge in [0, 0.05) is 13.2 Å². The van der Waals surface area contributed by atoms with Crippen LogP contribution in [0.1, 0.15) is 20.3 Å². The highest BCUT2D eigenvalue weighted by Crippen LogP contribution is 2.20. The minimum atomic E-state index is -0.257. The molecule has 76 valence electrons. The van der Waals surface area contributed by atoms with E-state index >= 15 is 0 Å². The fourth-order valence-corrected chi connectivity index (χ4v) is 1.55. The van der Waals surface area contributed by atoms with Crippen molar-refractivity contribution in [3.05, 3.63) is 0 Å². The molecule has 1 fully saturated rings. The molecule has 1 atom stereocenters. The van der Waals surface area contributed by atoms with Gasteiger partial charge >= 0.3 is 0 Å². The molecule has 0 radical (unpaired) electrons. The molecule has 1 amide bonds. The number of amides is 1. The Morgan fingerprint density at radius 2 is 2.38 bits per heavy atom. The van der Waals surface area contributed by atoms with Gasteiger partial charge in [0.2, 0.25) is 6.41 Å². The van der Waals surface area contributed by atoms with Gasteiger partial charge in [0.05, 0.1) is 18.2 Å². The summed E-state index contributed by atoms with van der Waals surface area (Å²) in [5, 5.41) is 8.76. The summed E-state index contributed by atoms with van der Waals surface area (Å²) in [5.41, 5.74) is -0.257. The first-order valence-electron chi connectivity index (χ1n) is 4.55. The van der Waals surface area contributed by atoms with Crippen LogP contribution in [-0.4, -0.2) is 47.8 Å². The maximum Gasteiger partial charge on any atom is 0.210 e. The van der Waals surface area contributed by atoms with Crippen LogP contribution in [0.3, 0.4) is 0 Å². The third-order valence-corrected chi connectivity index (χ3v) is 2.30. The Morgan fingerprint density at radius 3 is 2.92 bits per heavy atom. The van der Waals surface area contributed by atoms with Gasteiger partial charge in [0.15, 0.2) is 0 Å². The molecular weight excluding hydrogens is 170 g/mol. The molecule has 0 spiro atoms. The van der Waals surface area contributed by atoms with E-state index in [0.29, 0.717) is 19.6 Å². The van der Waals surface area contributed by atoms with Crippen molar-refractivity contribution in [2.45, 2.75) is 31.9 Å². The van der Waals surface area contributed by atoms with E-state index in [0.717, 1.165) is 6.41 Å². The van der Waals surface area contributed by atoms with Crippen LogP contribution >= 0.6 is 0 Å². The largest absolute Gasteiger partial charge is 0.396 e. The fourth-order valence-electron chi connectivity index (χ4n) is 1.55. The van der Waals surface area contributed by atoms with Crippen LogP contribution in [0.4, 0.5) is 0 Å². The molecule has 1 heterocycles. The molecular formula is C9H17NO3. The van der Waals surface area contributed by atoms with Crippen LogP contribution in [0.2, 0.25) is 0 Å². The third kappa shape index (κ3) is 2.67. The first kappa shape index (κ1) is 10.5. The number of hydrogen-bond donors (Lipinski definition) is 1. The fraction of sp³-hybridized carbons (Fsp3) is 0.889. The highest BCUT2D eigenvalue weighted by Gasteiger charge is 2.32. The van der Waals surface area contributed by atoms with Gasteiger partial charge in [-0.1, -0.05) is 0 Å². The van der Waals surface area contributed by atoms with E-state index in [1.807, 2.05) is 13.8 Å². The number of ether oxygens (including phenoxy) is 1. The molecule has 1 saturated heterocycles. The van der Waals surface area contributed by atoms with E-state index in [1.54, 1.807) is 4.90 Å². The number of nitrogens with zero attached hydrogens (tertiary/aromatic N) is 1. The van der Waals surface area contributed by atoms with Crippen molar-refractivity contribution in [1.82, 2.24) is 4.90 Å². The monoisotopic (exact) mass is 187 g/mol. The maximum atomic E-state index is 10.7. The van der Waals surface area contributed by atoms with Crippen LogP contribution in [0, 0.1) is 0 Å². The molecule has 4 nitrogen and oxygen atoms in total. The smallest absolute Gasteiger partial charge is 0.210 e. The van der Waals surface area contributed by atoms with Crippen LogP contribution in [0.5, 0.6) is 0 Å². The minimum absolute atomic E-state index is 0.0375. The summed E-state index contributed by atoms with van der Waals surface area (Å²) in [6.07, 6.45) is 1.43. The van der Waals surface area contributed by atoms with Crippen LogP contribution in [0.15, 0.2) is 0 Å². The zero-order chi connectivity index (χ0) is 9.90. The minimum Gasteiger partial charge on any atom is -0.396 e. The first-order chi connectivity index (χ1) is 6.09. The Kier molecular flexibility index (Phi) is 3.27. The number of aliphatic hydroxyl groups excluding tert-OH is 1. The molecule has 0 aliphatic carbocycles. The number of aliphatic hydroxyl groups is 1. The molecule has 4 heteroatoms. The first-order valence-corrected chi connectivity index (χ1v) is 4.55. The average Bonchev–Trinajstić information content (AvgIpc) is 2.08. The van der Waals surface area contributed by atoms with E-state index in [9.17, 15) is 4.79 Å². The Hall–Kier alpha value is -0.610. The zero-order valence-corrected chi connectivity index (χ0v) is 8.19. The van der Waals surface area contributed by atoms with Crippen molar-refractivity contribution in [1.29, 1.82) is 0 Å². The molecule has 0 unspecified atom stereocenters. The number of carbonyl (C=O) groups is 1. The summed E-state index contributed by atoms with van der Waals surface area (Å²) in [6, 6.07) is 0.0375. The lowest BCUT2D eigenvalue weighted by atomic mass is 10.0. The maximum absolute atomic E-state index is 10.7. The normalized spacial score (nSPS) is 27.3. The lowest BCUT2D eigenvalue weighted by molar-refractivity contribution is -0.144. The lowest BCUT2D eigenvalue weighted by Crippen LogP contribution is -2.53. The molecule has 0 aromatic carbocycles. The van der Waals surface area contributed by atoms with Crippen molar-refractivity contribution in [2.24, 2.45) is 0 Å². The van der Waals surface area contributed by atoms with Crippen molar-refractivity contribution in [2.75, 3.05) is 19.8 Å². The third-order valence-electron chi connectivity index (χ3n) is 2.30. The van der Waals surface area contributed by atoms with Gasteiger partial charge in [-0.05, 0) is 20.3 Å². The quantitative estimate of drug-likeness (QED) is 0.633. The highest BCUT2D eigenvalue weighted by atomic mass is 16.5. The summed E-state index contributed by atoms with van der Waals surface area (Å²) >= 11 is 0. The number of rotatable bonds is 3. The van der Waals surface area contributed by atoms with Gasteiger partial charge in [0.25, 0.3) is 0 Å². The van der Waals surface area contributed by atoms with Crippen LogP contribution in [-0.2, 0) is 9.53 Å². The molecule has 0 saturated carbocycles. The second kappa shape index (κ2) is 4.07. The summed E-state index contributed by atoms with van der Waals surface area (Å²) in [7, 11) is 0. The second-order valence-corrected chi connectivity index (χ2v) is 4.01. The van der Waals surface area contributed by atoms with E-state index in [-0.39, 0.29) is 18.2 Å². The molecule has 1 N–H and O–H groups in total. The van der Waals surface area contributed by atoms with Gasteiger partial charge in [-0.15, -0.1) is 0 Å². The van der Waals surface area contributed by atoms with Crippen molar-refractivity contribution in [3.8, 4) is 0 Å². The Morgan fingerprint density at radius 1 is 1.69 bits per heavy atom. The van der Waals surface area contributed by atoms with Gasteiger partial charge < -0.3 is 14.7 Å². The summed E-state index contributed by atoms with van der Waals surface area (Å²) < 4.78 is 5.55.